The Labute approximate surface area is 171 Å². The Bertz CT molecular complexity index is 986. The van der Waals surface area contributed by atoms with Crippen molar-refractivity contribution < 1.29 is 4.79 Å². The smallest absolute Gasteiger partial charge is 0.253 e. The number of nitriles is 1. The number of hydrogen-bond donors (Lipinski definition) is 0. The van der Waals surface area contributed by atoms with Crippen LogP contribution in [0.15, 0.2) is 84.9 Å². The van der Waals surface area contributed by atoms with Gasteiger partial charge in [0.2, 0.25) is 0 Å². The van der Waals surface area contributed by atoms with E-state index in [1.807, 2.05) is 77.7 Å². The summed E-state index contributed by atoms with van der Waals surface area (Å²) in [5.74, 6) is 0.0532. The molecule has 1 saturated heterocycles. The molecule has 1 aliphatic rings. The minimum absolute atomic E-state index is 0.0532. The van der Waals surface area contributed by atoms with Gasteiger partial charge in [0.15, 0.2) is 0 Å². The van der Waals surface area contributed by atoms with Gasteiger partial charge in [0, 0.05) is 31.7 Å². The van der Waals surface area contributed by atoms with E-state index >= 15 is 0 Å². The second-order valence-corrected chi connectivity index (χ2v) is 7.21. The van der Waals surface area contributed by atoms with Gasteiger partial charge in [0.05, 0.1) is 6.07 Å². The molecule has 4 nitrogen and oxygen atoms in total. The van der Waals surface area contributed by atoms with E-state index in [9.17, 15) is 10.1 Å². The van der Waals surface area contributed by atoms with Crippen molar-refractivity contribution in [1.82, 2.24) is 9.80 Å². The molecule has 1 fully saturated rings. The van der Waals surface area contributed by atoms with Crippen molar-refractivity contribution in [1.29, 1.82) is 5.26 Å². The lowest BCUT2D eigenvalue weighted by Crippen LogP contribution is -2.49. The summed E-state index contributed by atoms with van der Waals surface area (Å²) in [5.41, 5.74) is 3.96. The topological polar surface area (TPSA) is 47.3 Å². The van der Waals surface area contributed by atoms with Crippen molar-refractivity contribution in [3.05, 3.63) is 96.1 Å². The van der Waals surface area contributed by atoms with Crippen LogP contribution in [0, 0.1) is 11.3 Å². The van der Waals surface area contributed by atoms with Gasteiger partial charge in [-0.05, 0) is 28.8 Å². The third kappa shape index (κ3) is 4.21. The van der Waals surface area contributed by atoms with Crippen LogP contribution in [0.4, 0.5) is 0 Å². The molecule has 4 rings (SSSR count). The Balaban J connectivity index is 1.40. The van der Waals surface area contributed by atoms with Gasteiger partial charge in [-0.2, -0.15) is 5.26 Å². The van der Waals surface area contributed by atoms with Gasteiger partial charge in [-0.25, -0.2) is 0 Å². The van der Waals surface area contributed by atoms with Crippen LogP contribution in [0.5, 0.6) is 0 Å². The van der Waals surface area contributed by atoms with E-state index in [2.05, 4.69) is 23.1 Å². The number of nitrogens with zero attached hydrogens (tertiary/aromatic N) is 3. The molecule has 144 valence electrons. The fourth-order valence-corrected chi connectivity index (χ4v) is 3.80. The summed E-state index contributed by atoms with van der Waals surface area (Å²) in [4.78, 5) is 16.9. The number of carbonyl (C=O) groups excluding carboxylic acids is 1. The Hall–Kier alpha value is -3.42. The maximum Gasteiger partial charge on any atom is 0.253 e. The van der Waals surface area contributed by atoms with E-state index < -0.39 is 0 Å². The molecule has 0 aliphatic carbocycles. The summed E-state index contributed by atoms with van der Waals surface area (Å²) in [6.07, 6.45) is 0. The molecule has 0 bridgehead atoms. The molecule has 1 amide bonds. The number of rotatable bonds is 4. The first-order valence-electron chi connectivity index (χ1n) is 9.89. The maximum absolute atomic E-state index is 12.9. The zero-order chi connectivity index (χ0) is 20.1. The third-order valence-electron chi connectivity index (χ3n) is 5.44. The summed E-state index contributed by atoms with van der Waals surface area (Å²) >= 11 is 0. The van der Waals surface area contributed by atoms with Gasteiger partial charge in [-0.15, -0.1) is 0 Å². The minimum Gasteiger partial charge on any atom is -0.336 e. The molecular weight excluding hydrogens is 358 g/mol. The van der Waals surface area contributed by atoms with Gasteiger partial charge in [-0.3, -0.25) is 9.69 Å². The fourth-order valence-electron chi connectivity index (χ4n) is 3.80. The van der Waals surface area contributed by atoms with E-state index in [4.69, 9.17) is 0 Å². The molecule has 0 N–H and O–H groups in total. The molecule has 1 heterocycles. The van der Waals surface area contributed by atoms with Crippen molar-refractivity contribution in [2.75, 3.05) is 26.2 Å². The van der Waals surface area contributed by atoms with Crippen LogP contribution in [0.2, 0.25) is 0 Å². The number of benzene rings is 3. The number of carbonyl (C=O) groups is 1. The van der Waals surface area contributed by atoms with E-state index in [1.165, 1.54) is 0 Å². The van der Waals surface area contributed by atoms with Crippen LogP contribution in [0.3, 0.4) is 0 Å². The van der Waals surface area contributed by atoms with Gasteiger partial charge in [-0.1, -0.05) is 72.8 Å². The Kier molecular flexibility index (Phi) is 5.69. The highest BCUT2D eigenvalue weighted by molar-refractivity contribution is 5.94. The van der Waals surface area contributed by atoms with Gasteiger partial charge in [0.1, 0.15) is 6.04 Å². The molecule has 1 atom stereocenters. The average Bonchev–Trinajstić information content (AvgIpc) is 2.81. The second-order valence-electron chi connectivity index (χ2n) is 7.21. The molecule has 1 aliphatic heterocycles. The van der Waals surface area contributed by atoms with Crippen LogP contribution in [-0.2, 0) is 0 Å². The van der Waals surface area contributed by atoms with Crippen molar-refractivity contribution in [2.45, 2.75) is 6.04 Å². The summed E-state index contributed by atoms with van der Waals surface area (Å²) in [5, 5.41) is 9.63. The van der Waals surface area contributed by atoms with Crippen LogP contribution in [0.1, 0.15) is 22.0 Å². The van der Waals surface area contributed by atoms with Gasteiger partial charge >= 0.3 is 0 Å². The average molecular weight is 381 g/mol. The summed E-state index contributed by atoms with van der Waals surface area (Å²) in [6.45, 7) is 2.65. The first-order valence-corrected chi connectivity index (χ1v) is 9.89. The van der Waals surface area contributed by atoms with Gasteiger partial charge in [0.25, 0.3) is 5.91 Å². The molecule has 3 aromatic rings. The Morgan fingerprint density at radius 2 is 1.31 bits per heavy atom. The van der Waals surface area contributed by atoms with E-state index in [1.54, 1.807) is 0 Å². The molecule has 3 aromatic carbocycles. The zero-order valence-electron chi connectivity index (χ0n) is 16.2. The molecule has 0 radical (unpaired) electrons. The SMILES string of the molecule is N#C[C@H](c1ccccc1)N1CCN(C(=O)c2ccc(-c3ccccc3)cc2)CC1. The molecule has 0 aromatic heterocycles. The normalized spacial score (nSPS) is 15.5. The molecule has 0 spiro atoms. The molecule has 29 heavy (non-hydrogen) atoms. The van der Waals surface area contributed by atoms with E-state index in [-0.39, 0.29) is 11.9 Å². The summed E-state index contributed by atoms with van der Waals surface area (Å²) in [6, 6.07) is 29.9. The fraction of sp³-hybridized carbons (Fsp3) is 0.200. The van der Waals surface area contributed by atoms with Crippen LogP contribution >= 0.6 is 0 Å². The van der Waals surface area contributed by atoms with Crippen molar-refractivity contribution >= 4 is 5.91 Å². The maximum atomic E-state index is 12.9. The third-order valence-corrected chi connectivity index (χ3v) is 5.44. The van der Waals surface area contributed by atoms with Crippen molar-refractivity contribution in [3.63, 3.8) is 0 Å². The van der Waals surface area contributed by atoms with Crippen molar-refractivity contribution in [2.24, 2.45) is 0 Å². The predicted octanol–water partition coefficient (Wildman–Crippen LogP) is 4.38. The lowest BCUT2D eigenvalue weighted by atomic mass is 10.0. The molecular formula is C25H23N3O. The lowest BCUT2D eigenvalue weighted by molar-refractivity contribution is 0.0606. The number of amides is 1. The van der Waals surface area contributed by atoms with Crippen LogP contribution < -0.4 is 0 Å². The van der Waals surface area contributed by atoms with E-state index in [0.29, 0.717) is 31.7 Å². The lowest BCUT2D eigenvalue weighted by Gasteiger charge is -2.37. The van der Waals surface area contributed by atoms with Gasteiger partial charge < -0.3 is 4.90 Å². The Morgan fingerprint density at radius 3 is 1.90 bits per heavy atom. The standard InChI is InChI=1S/C25H23N3O/c26-19-24(22-9-5-2-6-10-22)27-15-17-28(18-16-27)25(29)23-13-11-21(12-14-23)20-7-3-1-4-8-20/h1-14,24H,15-18H2/t24-/m1/s1. The Morgan fingerprint density at radius 1 is 0.759 bits per heavy atom. The molecule has 0 unspecified atom stereocenters. The van der Waals surface area contributed by atoms with Crippen LogP contribution in [-0.4, -0.2) is 41.9 Å². The molecule has 4 heteroatoms. The monoisotopic (exact) mass is 381 g/mol. The predicted molar refractivity (Wildman–Crippen MR) is 114 cm³/mol. The minimum atomic E-state index is -0.265. The largest absolute Gasteiger partial charge is 0.336 e. The van der Waals surface area contributed by atoms with Crippen molar-refractivity contribution in [3.8, 4) is 17.2 Å². The quantitative estimate of drug-likeness (QED) is 0.674. The zero-order valence-corrected chi connectivity index (χ0v) is 16.2. The second kappa shape index (κ2) is 8.72. The summed E-state index contributed by atoms with van der Waals surface area (Å²) in [7, 11) is 0. The highest BCUT2D eigenvalue weighted by Crippen LogP contribution is 2.23. The number of hydrogen-bond acceptors (Lipinski definition) is 3. The highest BCUT2D eigenvalue weighted by Gasteiger charge is 2.27. The molecule has 0 saturated carbocycles. The first-order chi connectivity index (χ1) is 14.3. The first kappa shape index (κ1) is 18.9. The van der Waals surface area contributed by atoms with Crippen LogP contribution in [0.25, 0.3) is 11.1 Å². The number of piperazine rings is 1. The van der Waals surface area contributed by atoms with E-state index in [0.717, 1.165) is 16.7 Å². The summed E-state index contributed by atoms with van der Waals surface area (Å²) < 4.78 is 0. The highest BCUT2D eigenvalue weighted by atomic mass is 16.2.